The lowest BCUT2D eigenvalue weighted by Crippen LogP contribution is -2.26. The topological polar surface area (TPSA) is 85.2 Å². The molecule has 2 aromatic carbocycles. The van der Waals surface area contributed by atoms with Crippen molar-refractivity contribution >= 4 is 5.78 Å². The van der Waals surface area contributed by atoms with Crippen molar-refractivity contribution in [2.45, 2.75) is 5.92 Å². The number of benzene rings is 2. The minimum absolute atomic E-state index is 0.0530. The van der Waals surface area contributed by atoms with E-state index in [0.717, 1.165) is 0 Å². The Labute approximate surface area is 132 Å². The van der Waals surface area contributed by atoms with Gasteiger partial charge in [-0.15, -0.1) is 0 Å². The van der Waals surface area contributed by atoms with E-state index in [9.17, 15) is 15.0 Å². The van der Waals surface area contributed by atoms with Gasteiger partial charge in [0, 0.05) is 23.8 Å². The summed E-state index contributed by atoms with van der Waals surface area (Å²) in [4.78, 5) is 12.7. The summed E-state index contributed by atoms with van der Waals surface area (Å²) >= 11 is 0. The van der Waals surface area contributed by atoms with E-state index in [0.29, 0.717) is 17.1 Å². The summed E-state index contributed by atoms with van der Waals surface area (Å²) in [7, 11) is 2.95. The predicted octanol–water partition coefficient (Wildman–Crippen LogP) is 2.47. The molecule has 1 atom stereocenters. The zero-order chi connectivity index (χ0) is 16.6. The van der Waals surface area contributed by atoms with Gasteiger partial charge in [-0.3, -0.25) is 4.79 Å². The van der Waals surface area contributed by atoms with Crippen LogP contribution >= 0.6 is 0 Å². The highest BCUT2D eigenvalue weighted by molar-refractivity contribution is 6.06. The minimum atomic E-state index is -0.701. The number of methoxy groups -OCH3 is 2. The van der Waals surface area contributed by atoms with Gasteiger partial charge in [-0.2, -0.15) is 0 Å². The van der Waals surface area contributed by atoms with E-state index in [2.05, 4.69) is 0 Å². The van der Waals surface area contributed by atoms with Crippen LogP contribution in [0.4, 0.5) is 0 Å². The average molecular weight is 316 g/mol. The molecule has 0 amide bonds. The number of aromatic hydroxyl groups is 2. The number of hydrogen-bond donors (Lipinski definition) is 2. The van der Waals surface area contributed by atoms with Crippen LogP contribution < -0.4 is 14.2 Å². The first kappa shape index (κ1) is 15.0. The highest BCUT2D eigenvalue weighted by Crippen LogP contribution is 2.42. The number of hydrogen-bond acceptors (Lipinski definition) is 6. The SMILES string of the molecule is COc1ccc(C2COc3cc(OC)cc(O)c3C2=O)c(O)c1. The first-order valence-electron chi connectivity index (χ1n) is 7.00. The van der Waals surface area contributed by atoms with Gasteiger partial charge >= 0.3 is 0 Å². The monoisotopic (exact) mass is 316 g/mol. The second-order valence-electron chi connectivity index (χ2n) is 5.17. The second kappa shape index (κ2) is 5.72. The lowest BCUT2D eigenvalue weighted by Gasteiger charge is -2.26. The highest BCUT2D eigenvalue weighted by atomic mass is 16.5. The Bertz CT molecular complexity index is 768. The molecule has 0 saturated heterocycles. The van der Waals surface area contributed by atoms with Crippen LogP contribution in [0.25, 0.3) is 0 Å². The number of phenols is 2. The third-order valence-corrected chi connectivity index (χ3v) is 3.87. The molecule has 2 aromatic rings. The van der Waals surface area contributed by atoms with Crippen LogP contribution in [0.15, 0.2) is 30.3 Å². The number of phenolic OH excluding ortho intramolecular Hbond substituents is 2. The van der Waals surface area contributed by atoms with Crippen molar-refractivity contribution in [1.29, 1.82) is 0 Å². The molecule has 0 bridgehead atoms. The molecule has 6 nitrogen and oxygen atoms in total. The number of ether oxygens (including phenoxy) is 3. The van der Waals surface area contributed by atoms with Gasteiger partial charge in [0.25, 0.3) is 0 Å². The normalized spacial score (nSPS) is 16.4. The van der Waals surface area contributed by atoms with Crippen molar-refractivity contribution in [2.24, 2.45) is 0 Å². The van der Waals surface area contributed by atoms with Crippen LogP contribution in [0.5, 0.6) is 28.7 Å². The zero-order valence-corrected chi connectivity index (χ0v) is 12.7. The van der Waals surface area contributed by atoms with E-state index in [4.69, 9.17) is 14.2 Å². The standard InChI is InChI=1S/C17H16O6/c1-21-9-3-4-11(13(18)5-9)12-8-23-15-7-10(22-2)6-14(19)16(15)17(12)20/h3-7,12,18-19H,8H2,1-2H3. The number of rotatable bonds is 3. The van der Waals surface area contributed by atoms with Crippen LogP contribution in [0, 0.1) is 0 Å². The van der Waals surface area contributed by atoms with Gasteiger partial charge < -0.3 is 24.4 Å². The lowest BCUT2D eigenvalue weighted by molar-refractivity contribution is 0.0890. The fourth-order valence-corrected chi connectivity index (χ4v) is 2.65. The minimum Gasteiger partial charge on any atom is -0.508 e. The van der Waals surface area contributed by atoms with Crippen molar-refractivity contribution in [3.05, 3.63) is 41.5 Å². The summed E-state index contributed by atoms with van der Waals surface area (Å²) in [6.45, 7) is 0.0678. The molecule has 2 N–H and O–H groups in total. The molecule has 120 valence electrons. The Morgan fingerprint density at radius 2 is 1.74 bits per heavy atom. The first-order chi connectivity index (χ1) is 11.0. The molecule has 1 aliphatic heterocycles. The Balaban J connectivity index is 2.01. The third-order valence-electron chi connectivity index (χ3n) is 3.87. The van der Waals surface area contributed by atoms with Gasteiger partial charge in [0.1, 0.15) is 40.9 Å². The lowest BCUT2D eigenvalue weighted by atomic mass is 9.88. The summed E-state index contributed by atoms with van der Waals surface area (Å²) in [6.07, 6.45) is 0. The molecule has 1 unspecified atom stereocenters. The maximum Gasteiger partial charge on any atom is 0.181 e. The van der Waals surface area contributed by atoms with Crippen molar-refractivity contribution in [3.8, 4) is 28.7 Å². The van der Waals surface area contributed by atoms with Gasteiger partial charge in [0.15, 0.2) is 5.78 Å². The molecule has 1 heterocycles. The fraction of sp³-hybridized carbons (Fsp3) is 0.235. The maximum atomic E-state index is 12.7. The summed E-state index contributed by atoms with van der Waals surface area (Å²) in [5, 5.41) is 20.2. The van der Waals surface area contributed by atoms with Crippen LogP contribution in [0.2, 0.25) is 0 Å². The van der Waals surface area contributed by atoms with E-state index in [-0.39, 0.29) is 35.2 Å². The molecule has 0 spiro atoms. The van der Waals surface area contributed by atoms with Crippen LogP contribution in [0.3, 0.4) is 0 Å². The molecule has 0 aromatic heterocycles. The number of ketones is 1. The third kappa shape index (κ3) is 2.52. The molecule has 0 saturated carbocycles. The molecule has 1 aliphatic rings. The van der Waals surface area contributed by atoms with Gasteiger partial charge in [-0.25, -0.2) is 0 Å². The van der Waals surface area contributed by atoms with Gasteiger partial charge in [0.05, 0.1) is 20.1 Å². The van der Waals surface area contributed by atoms with Crippen molar-refractivity contribution in [2.75, 3.05) is 20.8 Å². The van der Waals surface area contributed by atoms with E-state index < -0.39 is 5.92 Å². The van der Waals surface area contributed by atoms with Gasteiger partial charge in [0.2, 0.25) is 0 Å². The number of carbonyl (C=O) groups excluding carboxylic acids is 1. The molecule has 0 radical (unpaired) electrons. The Hall–Kier alpha value is -2.89. The maximum absolute atomic E-state index is 12.7. The van der Waals surface area contributed by atoms with Crippen molar-refractivity contribution in [1.82, 2.24) is 0 Å². The molecule has 0 aliphatic carbocycles. The molecule has 0 fully saturated rings. The van der Waals surface area contributed by atoms with Crippen LogP contribution in [-0.4, -0.2) is 36.8 Å². The second-order valence-corrected chi connectivity index (χ2v) is 5.17. The predicted molar refractivity (Wildman–Crippen MR) is 81.9 cm³/mol. The van der Waals surface area contributed by atoms with E-state index >= 15 is 0 Å². The Morgan fingerprint density at radius 1 is 1.04 bits per heavy atom. The smallest absolute Gasteiger partial charge is 0.181 e. The summed E-state index contributed by atoms with van der Waals surface area (Å²) in [5.74, 6) is -0.108. The van der Waals surface area contributed by atoms with Gasteiger partial charge in [-0.1, -0.05) is 6.07 Å². The molecule has 6 heteroatoms. The van der Waals surface area contributed by atoms with Crippen LogP contribution in [-0.2, 0) is 0 Å². The van der Waals surface area contributed by atoms with E-state index in [1.165, 1.54) is 26.4 Å². The summed E-state index contributed by atoms with van der Waals surface area (Å²) in [5.41, 5.74) is 0.522. The van der Waals surface area contributed by atoms with Crippen molar-refractivity contribution in [3.63, 3.8) is 0 Å². The fourth-order valence-electron chi connectivity index (χ4n) is 2.65. The van der Waals surface area contributed by atoms with Crippen LogP contribution in [0.1, 0.15) is 21.8 Å². The molecular weight excluding hydrogens is 300 g/mol. The summed E-state index contributed by atoms with van der Waals surface area (Å²) in [6, 6.07) is 7.62. The van der Waals surface area contributed by atoms with E-state index in [1.54, 1.807) is 18.2 Å². The zero-order valence-electron chi connectivity index (χ0n) is 12.7. The van der Waals surface area contributed by atoms with E-state index in [1.807, 2.05) is 0 Å². The average Bonchev–Trinajstić information content (AvgIpc) is 2.55. The van der Waals surface area contributed by atoms with Gasteiger partial charge in [-0.05, 0) is 6.07 Å². The molecule has 23 heavy (non-hydrogen) atoms. The molecular formula is C17H16O6. The highest BCUT2D eigenvalue weighted by Gasteiger charge is 2.34. The largest absolute Gasteiger partial charge is 0.508 e. The molecule has 3 rings (SSSR count). The number of Topliss-reactive ketones (excluding diaryl/α,β-unsaturated/α-hetero) is 1. The summed E-state index contributed by atoms with van der Waals surface area (Å²) < 4.78 is 15.7. The Morgan fingerprint density at radius 3 is 2.39 bits per heavy atom. The number of carbonyl (C=O) groups is 1. The number of fused-ring (bicyclic) bond motifs is 1. The first-order valence-corrected chi connectivity index (χ1v) is 7.00. The quantitative estimate of drug-likeness (QED) is 0.905. The van der Waals surface area contributed by atoms with Crippen molar-refractivity contribution < 1.29 is 29.2 Å². The Kier molecular flexibility index (Phi) is 3.73.